The number of benzene rings is 1. The summed E-state index contributed by atoms with van der Waals surface area (Å²) in [6.07, 6.45) is 1.33. The Bertz CT molecular complexity index is 258. The van der Waals surface area contributed by atoms with Crippen molar-refractivity contribution in [3.8, 4) is 0 Å². The minimum atomic E-state index is -0.279. The first-order valence-electron chi connectivity index (χ1n) is 4.69. The maximum absolute atomic E-state index is 9.27. The van der Waals surface area contributed by atoms with Crippen molar-refractivity contribution in [2.24, 2.45) is 5.73 Å². The van der Waals surface area contributed by atoms with Gasteiger partial charge in [-0.05, 0) is 37.4 Å². The van der Waals surface area contributed by atoms with E-state index in [9.17, 15) is 5.11 Å². The lowest BCUT2D eigenvalue weighted by molar-refractivity contribution is 0.195. The van der Waals surface area contributed by atoms with Gasteiger partial charge in [-0.1, -0.05) is 24.3 Å². The van der Waals surface area contributed by atoms with Gasteiger partial charge in [0.25, 0.3) is 0 Å². The number of rotatable bonds is 4. The topological polar surface area (TPSA) is 46.2 Å². The number of hydrogen-bond donors (Lipinski definition) is 2. The lowest BCUT2D eigenvalue weighted by Crippen LogP contribution is -2.09. The normalized spacial score (nSPS) is 12.8. The lowest BCUT2D eigenvalue weighted by atomic mass is 10.00. The van der Waals surface area contributed by atoms with E-state index in [0.717, 1.165) is 12.8 Å². The van der Waals surface area contributed by atoms with Crippen LogP contribution in [0.4, 0.5) is 0 Å². The summed E-state index contributed by atoms with van der Waals surface area (Å²) in [5.41, 5.74) is 7.96. The third-order valence-electron chi connectivity index (χ3n) is 2.05. The molecule has 1 aromatic rings. The van der Waals surface area contributed by atoms with E-state index in [0.29, 0.717) is 6.54 Å². The van der Waals surface area contributed by atoms with Gasteiger partial charge in [-0.15, -0.1) is 0 Å². The molecule has 0 aliphatic rings. The van der Waals surface area contributed by atoms with Gasteiger partial charge >= 0.3 is 0 Å². The summed E-state index contributed by atoms with van der Waals surface area (Å²) in [6, 6.07) is 8.14. The molecule has 0 bridgehead atoms. The third kappa shape index (κ3) is 3.17. The zero-order valence-corrected chi connectivity index (χ0v) is 8.03. The molecule has 0 heterocycles. The molecule has 13 heavy (non-hydrogen) atoms. The SMILES string of the molecule is CC(O)Cc1ccccc1CCN. The monoisotopic (exact) mass is 179 g/mol. The van der Waals surface area contributed by atoms with Crippen LogP contribution in [0.3, 0.4) is 0 Å². The fraction of sp³-hybridized carbons (Fsp3) is 0.455. The molecular weight excluding hydrogens is 162 g/mol. The quantitative estimate of drug-likeness (QED) is 0.727. The summed E-state index contributed by atoms with van der Waals surface area (Å²) >= 11 is 0. The van der Waals surface area contributed by atoms with Crippen LogP contribution in [-0.2, 0) is 12.8 Å². The molecule has 0 aliphatic heterocycles. The van der Waals surface area contributed by atoms with Gasteiger partial charge in [-0.3, -0.25) is 0 Å². The summed E-state index contributed by atoms with van der Waals surface area (Å²) in [7, 11) is 0. The van der Waals surface area contributed by atoms with Crippen LogP contribution in [0.5, 0.6) is 0 Å². The van der Waals surface area contributed by atoms with E-state index >= 15 is 0 Å². The summed E-state index contributed by atoms with van der Waals surface area (Å²) in [5, 5.41) is 9.27. The summed E-state index contributed by atoms with van der Waals surface area (Å²) in [4.78, 5) is 0. The van der Waals surface area contributed by atoms with Gasteiger partial charge in [-0.25, -0.2) is 0 Å². The fourth-order valence-corrected chi connectivity index (χ4v) is 1.47. The molecule has 72 valence electrons. The predicted octanol–water partition coefficient (Wildman–Crippen LogP) is 1.11. The zero-order chi connectivity index (χ0) is 9.68. The van der Waals surface area contributed by atoms with Crippen LogP contribution in [0, 0.1) is 0 Å². The smallest absolute Gasteiger partial charge is 0.0552 e. The molecule has 0 aromatic heterocycles. The highest BCUT2D eigenvalue weighted by molar-refractivity contribution is 5.27. The molecule has 2 heteroatoms. The van der Waals surface area contributed by atoms with Gasteiger partial charge in [-0.2, -0.15) is 0 Å². The Balaban J connectivity index is 2.78. The minimum Gasteiger partial charge on any atom is -0.393 e. The van der Waals surface area contributed by atoms with Crippen LogP contribution in [0.1, 0.15) is 18.1 Å². The van der Waals surface area contributed by atoms with Crippen molar-refractivity contribution in [3.63, 3.8) is 0 Å². The molecule has 0 radical (unpaired) electrons. The fourth-order valence-electron chi connectivity index (χ4n) is 1.47. The number of hydrogen-bond acceptors (Lipinski definition) is 2. The molecule has 0 saturated carbocycles. The van der Waals surface area contributed by atoms with E-state index in [2.05, 4.69) is 12.1 Å². The minimum absolute atomic E-state index is 0.279. The predicted molar refractivity (Wildman–Crippen MR) is 54.6 cm³/mol. The Hall–Kier alpha value is -0.860. The van der Waals surface area contributed by atoms with Crippen molar-refractivity contribution in [2.75, 3.05) is 6.54 Å². The average molecular weight is 179 g/mol. The van der Waals surface area contributed by atoms with Crippen LogP contribution in [0.15, 0.2) is 24.3 Å². The molecule has 1 rings (SSSR count). The molecule has 0 saturated heterocycles. The van der Waals surface area contributed by atoms with Gasteiger partial charge in [0.2, 0.25) is 0 Å². The number of aliphatic hydroxyl groups excluding tert-OH is 1. The highest BCUT2D eigenvalue weighted by Crippen LogP contribution is 2.11. The van der Waals surface area contributed by atoms with Gasteiger partial charge in [0.05, 0.1) is 6.10 Å². The molecule has 1 atom stereocenters. The second kappa shape index (κ2) is 5.00. The van der Waals surface area contributed by atoms with Crippen molar-refractivity contribution < 1.29 is 5.11 Å². The molecule has 0 aliphatic carbocycles. The van der Waals surface area contributed by atoms with Crippen LogP contribution in [0.2, 0.25) is 0 Å². The van der Waals surface area contributed by atoms with Crippen molar-refractivity contribution in [1.29, 1.82) is 0 Å². The lowest BCUT2D eigenvalue weighted by Gasteiger charge is -2.09. The molecule has 0 spiro atoms. The van der Waals surface area contributed by atoms with E-state index in [1.807, 2.05) is 12.1 Å². The molecule has 1 aromatic carbocycles. The zero-order valence-electron chi connectivity index (χ0n) is 8.03. The molecule has 1 unspecified atom stereocenters. The maximum atomic E-state index is 9.27. The summed E-state index contributed by atoms with van der Waals surface area (Å²) in [5.74, 6) is 0. The van der Waals surface area contributed by atoms with Crippen molar-refractivity contribution >= 4 is 0 Å². The van der Waals surface area contributed by atoms with Gasteiger partial charge in [0.1, 0.15) is 0 Å². The first-order chi connectivity index (χ1) is 6.24. The number of nitrogens with two attached hydrogens (primary N) is 1. The van der Waals surface area contributed by atoms with E-state index < -0.39 is 0 Å². The Kier molecular flexibility index (Phi) is 3.93. The molecule has 0 amide bonds. The largest absolute Gasteiger partial charge is 0.393 e. The standard InChI is InChI=1S/C11H17NO/c1-9(13)8-11-5-3-2-4-10(11)6-7-12/h2-5,9,13H,6-8,12H2,1H3. The van der Waals surface area contributed by atoms with E-state index in [1.54, 1.807) is 6.92 Å². The summed E-state index contributed by atoms with van der Waals surface area (Å²) < 4.78 is 0. The second-order valence-corrected chi connectivity index (χ2v) is 3.36. The van der Waals surface area contributed by atoms with Gasteiger partial charge in [0, 0.05) is 0 Å². The Morgan fingerprint density at radius 2 is 1.92 bits per heavy atom. The first kappa shape index (κ1) is 10.2. The Morgan fingerprint density at radius 3 is 2.46 bits per heavy atom. The molecular formula is C11H17NO. The highest BCUT2D eigenvalue weighted by atomic mass is 16.3. The van der Waals surface area contributed by atoms with Gasteiger partial charge in [0.15, 0.2) is 0 Å². The second-order valence-electron chi connectivity index (χ2n) is 3.36. The van der Waals surface area contributed by atoms with E-state index in [4.69, 9.17) is 5.73 Å². The summed E-state index contributed by atoms with van der Waals surface area (Å²) in [6.45, 7) is 2.47. The van der Waals surface area contributed by atoms with Crippen LogP contribution >= 0.6 is 0 Å². The van der Waals surface area contributed by atoms with Gasteiger partial charge < -0.3 is 10.8 Å². The van der Waals surface area contributed by atoms with Crippen molar-refractivity contribution in [1.82, 2.24) is 0 Å². The number of aliphatic hydroxyl groups is 1. The average Bonchev–Trinajstić information content (AvgIpc) is 2.08. The van der Waals surface area contributed by atoms with Crippen LogP contribution in [0.25, 0.3) is 0 Å². The third-order valence-corrected chi connectivity index (χ3v) is 2.05. The molecule has 2 nitrogen and oxygen atoms in total. The van der Waals surface area contributed by atoms with Crippen molar-refractivity contribution in [2.45, 2.75) is 25.9 Å². The maximum Gasteiger partial charge on any atom is 0.0552 e. The van der Waals surface area contributed by atoms with E-state index in [-0.39, 0.29) is 6.10 Å². The molecule has 3 N–H and O–H groups in total. The van der Waals surface area contributed by atoms with Crippen LogP contribution in [-0.4, -0.2) is 17.8 Å². The Labute approximate surface area is 79.4 Å². The molecule has 0 fully saturated rings. The van der Waals surface area contributed by atoms with Crippen LogP contribution < -0.4 is 5.73 Å². The first-order valence-corrected chi connectivity index (χ1v) is 4.69. The highest BCUT2D eigenvalue weighted by Gasteiger charge is 2.03. The van der Waals surface area contributed by atoms with Crippen molar-refractivity contribution in [3.05, 3.63) is 35.4 Å². The Morgan fingerprint density at radius 1 is 1.31 bits per heavy atom. The van der Waals surface area contributed by atoms with E-state index in [1.165, 1.54) is 11.1 Å².